The predicted octanol–water partition coefficient (Wildman–Crippen LogP) is 5.60. The Kier molecular flexibility index (Phi) is 14.7. The molecule has 5 rings (SSSR count). The number of ether oxygens (including phenoxy) is 1. The number of amides is 4. The first-order valence-corrected chi connectivity index (χ1v) is 19.5. The number of hydrogen-bond acceptors (Lipinski definition) is 9. The van der Waals surface area contributed by atoms with Crippen LogP contribution in [0.3, 0.4) is 0 Å². The second-order valence-electron chi connectivity index (χ2n) is 15.2. The Morgan fingerprint density at radius 1 is 0.875 bits per heavy atom. The molecule has 3 aromatic carbocycles. The molecule has 1 aromatic heterocycles. The molecule has 1 aliphatic rings. The second-order valence-corrected chi connectivity index (χ2v) is 15.2. The molecule has 1 aliphatic carbocycles. The fourth-order valence-corrected chi connectivity index (χ4v) is 6.78. The first kappa shape index (κ1) is 41.5. The van der Waals surface area contributed by atoms with Crippen LogP contribution >= 0.6 is 0 Å². The second kappa shape index (κ2) is 19.8. The fourth-order valence-electron chi connectivity index (χ4n) is 6.78. The third kappa shape index (κ3) is 12.4. The van der Waals surface area contributed by atoms with E-state index in [1.807, 2.05) is 69.3 Å². The van der Waals surface area contributed by atoms with Gasteiger partial charge in [0.1, 0.15) is 11.6 Å². The van der Waals surface area contributed by atoms with Gasteiger partial charge in [-0.1, -0.05) is 50.2 Å². The summed E-state index contributed by atoms with van der Waals surface area (Å²) >= 11 is 0. The fraction of sp³-hybridized carbons (Fsp3) is 0.452. The quantitative estimate of drug-likeness (QED) is 0.0969. The molecule has 298 valence electrons. The number of alkyl carbamates (subject to hydrolysis) is 1. The third-order valence-corrected chi connectivity index (χ3v) is 10.00. The van der Waals surface area contributed by atoms with Crippen LogP contribution in [0.2, 0.25) is 0 Å². The molecule has 14 nitrogen and oxygen atoms in total. The van der Waals surface area contributed by atoms with E-state index in [9.17, 15) is 19.2 Å². The number of nitrogens with one attached hydrogen (secondary N) is 5. The summed E-state index contributed by atoms with van der Waals surface area (Å²) in [4.78, 5) is 54.8. The van der Waals surface area contributed by atoms with E-state index < -0.39 is 17.7 Å². The van der Waals surface area contributed by atoms with E-state index in [0.29, 0.717) is 43.0 Å². The standard InChI is InChI=1S/C42H55N9O5/c1-6-51(7-2)24-23-43-38(52)32-17-15-30(16-18-32)34-10-8-9-29(25-34)26-36(40(54)45-35-21-19-31(20-22-35)37-47-49-50-48-37)46-39(53)33-13-11-28(12-14-33)27-44-41(55)56-42(3,4)5/h8-10,15-22,25,28,33,36H,6-7,11-14,23-24,26-27H2,1-5H3,(H,43,52)(H,44,55)(H,45,54)(H,46,53)(H,47,48,49,50)/t28?,33?,36-/m0/s1. The predicted molar refractivity (Wildman–Crippen MR) is 216 cm³/mol. The van der Waals surface area contributed by atoms with Crippen molar-refractivity contribution >= 4 is 29.5 Å². The molecule has 5 N–H and O–H groups in total. The number of benzene rings is 3. The van der Waals surface area contributed by atoms with Crippen molar-refractivity contribution < 1.29 is 23.9 Å². The number of likely N-dealkylation sites (N-methyl/N-ethyl adjacent to an activating group) is 1. The van der Waals surface area contributed by atoms with E-state index in [4.69, 9.17) is 4.74 Å². The summed E-state index contributed by atoms with van der Waals surface area (Å²) in [6.07, 6.45) is 2.66. The number of nitrogens with zero attached hydrogens (tertiary/aromatic N) is 4. The molecular formula is C42H55N9O5. The van der Waals surface area contributed by atoms with Gasteiger partial charge in [0, 0.05) is 48.8 Å². The van der Waals surface area contributed by atoms with E-state index in [1.165, 1.54) is 0 Å². The van der Waals surface area contributed by atoms with Crippen molar-refractivity contribution in [1.29, 1.82) is 0 Å². The highest BCUT2D eigenvalue weighted by Crippen LogP contribution is 2.29. The van der Waals surface area contributed by atoms with E-state index in [-0.39, 0.29) is 36.0 Å². The molecular weight excluding hydrogens is 711 g/mol. The molecule has 0 radical (unpaired) electrons. The number of rotatable bonds is 16. The highest BCUT2D eigenvalue weighted by atomic mass is 16.6. The summed E-state index contributed by atoms with van der Waals surface area (Å²) in [6.45, 7) is 13.4. The molecule has 0 bridgehead atoms. The Balaban J connectivity index is 1.24. The highest BCUT2D eigenvalue weighted by molar-refractivity contribution is 5.98. The van der Waals surface area contributed by atoms with Gasteiger partial charge in [-0.05, 0) is 124 Å². The highest BCUT2D eigenvalue weighted by Gasteiger charge is 2.30. The zero-order valence-corrected chi connectivity index (χ0v) is 33.1. The minimum Gasteiger partial charge on any atom is -0.444 e. The van der Waals surface area contributed by atoms with Crippen LogP contribution < -0.4 is 21.3 Å². The largest absolute Gasteiger partial charge is 0.444 e. The topological polar surface area (TPSA) is 183 Å². The van der Waals surface area contributed by atoms with Gasteiger partial charge < -0.3 is 30.9 Å². The zero-order chi connectivity index (χ0) is 40.1. The molecule has 0 aliphatic heterocycles. The number of carbonyl (C=O) groups is 4. The average molecular weight is 766 g/mol. The summed E-state index contributed by atoms with van der Waals surface area (Å²) in [6, 6.07) is 21.6. The smallest absolute Gasteiger partial charge is 0.407 e. The van der Waals surface area contributed by atoms with Gasteiger partial charge in [0.25, 0.3) is 5.91 Å². The van der Waals surface area contributed by atoms with Crippen LogP contribution in [0.4, 0.5) is 10.5 Å². The van der Waals surface area contributed by atoms with Crippen LogP contribution in [-0.2, 0) is 20.7 Å². The van der Waals surface area contributed by atoms with E-state index in [1.54, 1.807) is 24.3 Å². The monoisotopic (exact) mass is 765 g/mol. The lowest BCUT2D eigenvalue weighted by atomic mass is 9.81. The molecule has 1 heterocycles. The lowest BCUT2D eigenvalue weighted by molar-refractivity contribution is -0.130. The van der Waals surface area contributed by atoms with Gasteiger partial charge in [0.15, 0.2) is 0 Å². The number of tetrazole rings is 1. The van der Waals surface area contributed by atoms with Crippen molar-refractivity contribution in [3.63, 3.8) is 0 Å². The van der Waals surface area contributed by atoms with Crippen molar-refractivity contribution in [2.24, 2.45) is 11.8 Å². The van der Waals surface area contributed by atoms with Gasteiger partial charge in [-0.15, -0.1) is 10.2 Å². The number of carbonyl (C=O) groups excluding carboxylic acids is 4. The lowest BCUT2D eigenvalue weighted by Gasteiger charge is -2.29. The van der Waals surface area contributed by atoms with E-state index in [0.717, 1.165) is 54.7 Å². The van der Waals surface area contributed by atoms with Gasteiger partial charge in [-0.2, -0.15) is 5.21 Å². The van der Waals surface area contributed by atoms with Gasteiger partial charge in [-0.25, -0.2) is 4.79 Å². The van der Waals surface area contributed by atoms with Gasteiger partial charge in [0.2, 0.25) is 17.6 Å². The number of anilines is 1. The van der Waals surface area contributed by atoms with Crippen molar-refractivity contribution in [2.75, 3.05) is 38.0 Å². The number of H-pyrrole nitrogens is 1. The summed E-state index contributed by atoms with van der Waals surface area (Å²) in [5.74, 6) is -0.202. The first-order chi connectivity index (χ1) is 26.9. The van der Waals surface area contributed by atoms with Crippen LogP contribution in [0.5, 0.6) is 0 Å². The molecule has 4 amide bonds. The van der Waals surface area contributed by atoms with Crippen molar-refractivity contribution in [1.82, 2.24) is 41.5 Å². The zero-order valence-electron chi connectivity index (χ0n) is 33.1. The first-order valence-electron chi connectivity index (χ1n) is 19.5. The van der Waals surface area contributed by atoms with Crippen molar-refractivity contribution in [3.8, 4) is 22.5 Å². The van der Waals surface area contributed by atoms with Crippen molar-refractivity contribution in [3.05, 3.63) is 83.9 Å². The summed E-state index contributed by atoms with van der Waals surface area (Å²) in [5, 5.41) is 25.9. The number of aromatic nitrogens is 4. The molecule has 14 heteroatoms. The Labute approximate surface area is 328 Å². The Hall–Kier alpha value is -5.63. The Morgan fingerprint density at radius 3 is 2.21 bits per heavy atom. The molecule has 4 aromatic rings. The molecule has 1 atom stereocenters. The molecule has 0 saturated heterocycles. The normalized spacial score (nSPS) is 16.1. The minimum absolute atomic E-state index is 0.113. The van der Waals surface area contributed by atoms with Crippen LogP contribution in [0.15, 0.2) is 72.8 Å². The van der Waals surface area contributed by atoms with E-state index in [2.05, 4.69) is 60.6 Å². The summed E-state index contributed by atoms with van der Waals surface area (Å²) in [5.41, 5.74) is 4.03. The SMILES string of the molecule is CCN(CC)CCNC(=O)c1ccc(-c2cccc(C[C@H](NC(=O)C3CCC(CNC(=O)OC(C)(C)C)CC3)C(=O)Nc3ccc(-c4nn[nH]n4)cc3)c2)cc1. The molecule has 0 unspecified atom stereocenters. The van der Waals surface area contributed by atoms with Crippen LogP contribution in [0, 0.1) is 11.8 Å². The summed E-state index contributed by atoms with van der Waals surface area (Å²) in [7, 11) is 0. The van der Waals surface area contributed by atoms with Gasteiger partial charge in [0.05, 0.1) is 0 Å². The molecule has 1 saturated carbocycles. The van der Waals surface area contributed by atoms with E-state index >= 15 is 0 Å². The maximum absolute atomic E-state index is 13.9. The maximum Gasteiger partial charge on any atom is 0.407 e. The average Bonchev–Trinajstić information content (AvgIpc) is 3.74. The van der Waals surface area contributed by atoms with Crippen molar-refractivity contribution in [2.45, 2.75) is 78.4 Å². The van der Waals surface area contributed by atoms with Crippen LogP contribution in [0.25, 0.3) is 22.5 Å². The van der Waals surface area contributed by atoms with Gasteiger partial charge >= 0.3 is 6.09 Å². The Bertz CT molecular complexity index is 1880. The number of hydrogen-bond donors (Lipinski definition) is 5. The molecule has 56 heavy (non-hydrogen) atoms. The molecule has 0 spiro atoms. The van der Waals surface area contributed by atoms with Gasteiger partial charge in [-0.3, -0.25) is 14.4 Å². The Morgan fingerprint density at radius 2 is 1.57 bits per heavy atom. The minimum atomic E-state index is -0.858. The number of aromatic amines is 1. The van der Waals surface area contributed by atoms with Crippen LogP contribution in [0.1, 0.15) is 76.2 Å². The van der Waals surface area contributed by atoms with Crippen LogP contribution in [-0.4, -0.2) is 93.7 Å². The third-order valence-electron chi connectivity index (χ3n) is 10.00. The molecule has 1 fully saturated rings. The maximum atomic E-state index is 13.9. The lowest BCUT2D eigenvalue weighted by Crippen LogP contribution is -2.48. The summed E-state index contributed by atoms with van der Waals surface area (Å²) < 4.78 is 5.36.